The Morgan fingerprint density at radius 1 is 1.00 bits per heavy atom. The van der Waals surface area contributed by atoms with E-state index in [-0.39, 0.29) is 11.9 Å². The molecular formula is C18H19N3O2. The highest BCUT2D eigenvalue weighted by molar-refractivity contribution is 5.92. The van der Waals surface area contributed by atoms with Gasteiger partial charge in [-0.15, -0.1) is 0 Å². The van der Waals surface area contributed by atoms with Crippen LogP contribution in [0.15, 0.2) is 48.5 Å². The van der Waals surface area contributed by atoms with Crippen molar-refractivity contribution in [3.05, 3.63) is 70.8 Å². The van der Waals surface area contributed by atoms with Crippen LogP contribution in [-0.2, 0) is 24.3 Å². The molecule has 118 valence electrons. The van der Waals surface area contributed by atoms with Gasteiger partial charge in [0.1, 0.15) is 0 Å². The lowest BCUT2D eigenvalue weighted by molar-refractivity contribution is -0.124. The van der Waals surface area contributed by atoms with E-state index < -0.39 is 5.91 Å². The van der Waals surface area contributed by atoms with Gasteiger partial charge in [0, 0.05) is 18.7 Å². The molecule has 0 radical (unpaired) electrons. The number of hydrogen-bond acceptors (Lipinski definition) is 3. The van der Waals surface area contributed by atoms with Crippen molar-refractivity contribution in [2.45, 2.75) is 25.6 Å². The largest absolute Gasteiger partial charge is 0.368 e. The molecule has 1 heterocycles. The van der Waals surface area contributed by atoms with Crippen molar-refractivity contribution in [1.82, 2.24) is 4.90 Å². The van der Waals surface area contributed by atoms with Crippen LogP contribution >= 0.6 is 0 Å². The van der Waals surface area contributed by atoms with Crippen LogP contribution in [0.2, 0.25) is 0 Å². The maximum Gasteiger partial charge on any atom is 0.248 e. The van der Waals surface area contributed by atoms with Gasteiger partial charge in [0.05, 0.1) is 6.04 Å². The Bertz CT molecular complexity index is 740. The summed E-state index contributed by atoms with van der Waals surface area (Å²) in [6, 6.07) is 14.9. The Morgan fingerprint density at radius 2 is 1.65 bits per heavy atom. The SMILES string of the molecule is NC(=O)c1ccc(CN2Cc3ccccc3CC2C(N)=O)cc1. The summed E-state index contributed by atoms with van der Waals surface area (Å²) in [7, 11) is 0. The topological polar surface area (TPSA) is 89.4 Å². The molecule has 1 aliphatic heterocycles. The molecule has 2 amide bonds. The van der Waals surface area contributed by atoms with Gasteiger partial charge < -0.3 is 11.5 Å². The number of nitrogens with two attached hydrogens (primary N) is 2. The number of benzene rings is 2. The van der Waals surface area contributed by atoms with E-state index in [9.17, 15) is 9.59 Å². The molecule has 0 aliphatic carbocycles. The average molecular weight is 309 g/mol. The highest BCUT2D eigenvalue weighted by Crippen LogP contribution is 2.25. The quantitative estimate of drug-likeness (QED) is 0.889. The second kappa shape index (κ2) is 6.22. The molecule has 1 aliphatic rings. The molecular weight excluding hydrogens is 290 g/mol. The number of amides is 2. The summed E-state index contributed by atoms with van der Waals surface area (Å²) >= 11 is 0. The third-order valence-electron chi connectivity index (χ3n) is 4.30. The molecule has 2 aromatic carbocycles. The Kier molecular flexibility index (Phi) is 4.12. The number of carbonyl (C=O) groups is 2. The molecule has 2 aromatic rings. The third-order valence-corrected chi connectivity index (χ3v) is 4.30. The van der Waals surface area contributed by atoms with Gasteiger partial charge in [-0.3, -0.25) is 14.5 Å². The molecule has 23 heavy (non-hydrogen) atoms. The Labute approximate surface area is 134 Å². The van der Waals surface area contributed by atoms with Crippen LogP contribution in [0.1, 0.15) is 27.0 Å². The predicted octanol–water partition coefficient (Wildman–Crippen LogP) is 1.20. The fraction of sp³-hybridized carbons (Fsp3) is 0.222. The van der Waals surface area contributed by atoms with Crippen LogP contribution in [-0.4, -0.2) is 22.8 Å². The zero-order valence-corrected chi connectivity index (χ0v) is 12.7. The second-order valence-electron chi connectivity index (χ2n) is 5.86. The number of nitrogens with zero attached hydrogens (tertiary/aromatic N) is 1. The highest BCUT2D eigenvalue weighted by atomic mass is 16.1. The molecule has 0 spiro atoms. The van der Waals surface area contributed by atoms with E-state index in [1.807, 2.05) is 30.3 Å². The van der Waals surface area contributed by atoms with Crippen LogP contribution in [0.5, 0.6) is 0 Å². The molecule has 0 fully saturated rings. The monoisotopic (exact) mass is 309 g/mol. The summed E-state index contributed by atoms with van der Waals surface area (Å²) in [4.78, 5) is 25.0. The average Bonchev–Trinajstić information content (AvgIpc) is 2.54. The second-order valence-corrected chi connectivity index (χ2v) is 5.86. The molecule has 0 saturated carbocycles. The molecule has 5 heteroatoms. The molecule has 1 atom stereocenters. The van der Waals surface area contributed by atoms with Gasteiger partial charge in [-0.2, -0.15) is 0 Å². The highest BCUT2D eigenvalue weighted by Gasteiger charge is 2.29. The van der Waals surface area contributed by atoms with E-state index in [0.717, 1.165) is 5.56 Å². The van der Waals surface area contributed by atoms with E-state index >= 15 is 0 Å². The molecule has 5 nitrogen and oxygen atoms in total. The van der Waals surface area contributed by atoms with Crippen LogP contribution in [0, 0.1) is 0 Å². The first-order chi connectivity index (χ1) is 11.0. The van der Waals surface area contributed by atoms with Gasteiger partial charge in [0.2, 0.25) is 11.8 Å². The zero-order chi connectivity index (χ0) is 16.4. The summed E-state index contributed by atoms with van der Waals surface area (Å²) in [6.07, 6.45) is 0.630. The van der Waals surface area contributed by atoms with Crippen LogP contribution in [0.25, 0.3) is 0 Å². The standard InChI is InChI=1S/C18H19N3O2/c19-17(22)13-7-5-12(6-8-13)10-21-11-15-4-2-1-3-14(15)9-16(21)18(20)23/h1-8,16H,9-11H2,(H2,19,22)(H2,20,23). The van der Waals surface area contributed by atoms with Crippen LogP contribution in [0.3, 0.4) is 0 Å². The summed E-state index contributed by atoms with van der Waals surface area (Å²) in [6.45, 7) is 1.28. The summed E-state index contributed by atoms with van der Waals surface area (Å²) in [5, 5.41) is 0. The smallest absolute Gasteiger partial charge is 0.248 e. The molecule has 0 saturated heterocycles. The van der Waals surface area contributed by atoms with Crippen molar-refractivity contribution < 1.29 is 9.59 Å². The lowest BCUT2D eigenvalue weighted by atomic mass is 9.93. The predicted molar refractivity (Wildman–Crippen MR) is 87.3 cm³/mol. The molecule has 0 aromatic heterocycles. The van der Waals surface area contributed by atoms with Gasteiger partial charge in [0.15, 0.2) is 0 Å². The Hall–Kier alpha value is -2.66. The van der Waals surface area contributed by atoms with Crippen molar-refractivity contribution in [3.8, 4) is 0 Å². The minimum atomic E-state index is -0.446. The Balaban J connectivity index is 1.82. The first kappa shape index (κ1) is 15.2. The molecule has 1 unspecified atom stereocenters. The van der Waals surface area contributed by atoms with Gasteiger partial charge in [-0.05, 0) is 35.2 Å². The minimum absolute atomic E-state index is 0.312. The number of fused-ring (bicyclic) bond motifs is 1. The summed E-state index contributed by atoms with van der Waals surface area (Å²) in [5.74, 6) is -0.758. The van der Waals surface area contributed by atoms with Gasteiger partial charge in [0.25, 0.3) is 0 Å². The van der Waals surface area contributed by atoms with Crippen molar-refractivity contribution in [2.24, 2.45) is 11.5 Å². The summed E-state index contributed by atoms with van der Waals surface area (Å²) in [5.41, 5.74) is 14.7. The fourth-order valence-corrected chi connectivity index (χ4v) is 3.03. The van der Waals surface area contributed by atoms with Crippen molar-refractivity contribution in [2.75, 3.05) is 0 Å². The third kappa shape index (κ3) is 3.24. The van der Waals surface area contributed by atoms with E-state index in [2.05, 4.69) is 11.0 Å². The van der Waals surface area contributed by atoms with Gasteiger partial charge in [-0.1, -0.05) is 36.4 Å². The minimum Gasteiger partial charge on any atom is -0.368 e. The van der Waals surface area contributed by atoms with E-state index in [1.54, 1.807) is 12.1 Å². The zero-order valence-electron chi connectivity index (χ0n) is 12.7. The number of rotatable bonds is 4. The van der Waals surface area contributed by atoms with E-state index in [0.29, 0.717) is 25.1 Å². The number of hydrogen-bond donors (Lipinski definition) is 2. The van der Waals surface area contributed by atoms with Crippen LogP contribution in [0.4, 0.5) is 0 Å². The normalized spacial score (nSPS) is 17.5. The van der Waals surface area contributed by atoms with Crippen molar-refractivity contribution in [1.29, 1.82) is 0 Å². The fourth-order valence-electron chi connectivity index (χ4n) is 3.03. The maximum atomic E-state index is 11.8. The van der Waals surface area contributed by atoms with E-state index in [1.165, 1.54) is 11.1 Å². The van der Waals surface area contributed by atoms with Crippen molar-refractivity contribution >= 4 is 11.8 Å². The van der Waals surface area contributed by atoms with Crippen LogP contribution < -0.4 is 11.5 Å². The maximum absolute atomic E-state index is 11.8. The molecule has 3 rings (SSSR count). The Morgan fingerprint density at radius 3 is 2.26 bits per heavy atom. The number of primary amides is 2. The van der Waals surface area contributed by atoms with Gasteiger partial charge in [-0.25, -0.2) is 0 Å². The van der Waals surface area contributed by atoms with Gasteiger partial charge >= 0.3 is 0 Å². The summed E-state index contributed by atoms with van der Waals surface area (Å²) < 4.78 is 0. The number of carbonyl (C=O) groups excluding carboxylic acids is 2. The van der Waals surface area contributed by atoms with E-state index in [4.69, 9.17) is 11.5 Å². The lowest BCUT2D eigenvalue weighted by Crippen LogP contribution is -2.48. The first-order valence-corrected chi connectivity index (χ1v) is 7.53. The first-order valence-electron chi connectivity index (χ1n) is 7.53. The molecule has 0 bridgehead atoms. The molecule has 4 N–H and O–H groups in total. The lowest BCUT2D eigenvalue weighted by Gasteiger charge is -2.35. The van der Waals surface area contributed by atoms with Crippen molar-refractivity contribution in [3.63, 3.8) is 0 Å².